The Bertz CT molecular complexity index is 2960. The molecule has 4 aromatic rings. The smallest absolute Gasteiger partial charge is 0.411 e. The molecule has 6 aliphatic rings. The first kappa shape index (κ1) is 57.5. The van der Waals surface area contributed by atoms with Gasteiger partial charge in [0.25, 0.3) is 17.4 Å². The minimum Gasteiger partial charge on any atom is -0.444 e. The second-order valence-corrected chi connectivity index (χ2v) is 24.3. The first-order chi connectivity index (χ1) is 39.0. The van der Waals surface area contributed by atoms with Crippen LogP contribution in [-0.2, 0) is 30.3 Å². The number of ether oxygens (including phenoxy) is 2. The molecule has 0 spiro atoms. The van der Waals surface area contributed by atoms with Crippen molar-refractivity contribution in [2.45, 2.75) is 146 Å². The number of aromatic amines is 1. The maximum Gasteiger partial charge on any atom is 0.411 e. The van der Waals surface area contributed by atoms with Crippen molar-refractivity contribution in [1.82, 2.24) is 44.9 Å². The zero-order valence-electron chi connectivity index (χ0n) is 47.4. The van der Waals surface area contributed by atoms with E-state index in [-0.39, 0.29) is 77.9 Å². The van der Waals surface area contributed by atoms with Crippen LogP contribution >= 0.6 is 0 Å². The second kappa shape index (κ2) is 25.6. The summed E-state index contributed by atoms with van der Waals surface area (Å²) >= 11 is 0. The molecule has 0 radical (unpaired) electrons. The molecule has 4 aliphatic heterocycles. The predicted octanol–water partition coefficient (Wildman–Crippen LogP) is 6.89. The molecule has 3 aromatic carbocycles. The monoisotopic (exact) mass is 1110 g/mol. The summed E-state index contributed by atoms with van der Waals surface area (Å²) in [5.74, 6) is -1.06. The van der Waals surface area contributed by atoms with Crippen molar-refractivity contribution >= 4 is 46.4 Å². The van der Waals surface area contributed by atoms with Crippen molar-refractivity contribution in [2.75, 3.05) is 78.5 Å². The number of carbonyl (C=O) groups is 6. The van der Waals surface area contributed by atoms with E-state index in [9.17, 15) is 33.6 Å². The average Bonchev–Trinajstić information content (AvgIpc) is 4.36. The molecule has 2 saturated carbocycles. The van der Waals surface area contributed by atoms with E-state index >= 15 is 4.39 Å². The predicted molar refractivity (Wildman–Crippen MR) is 303 cm³/mol. The third-order valence-corrected chi connectivity index (χ3v) is 17.4. The second-order valence-electron chi connectivity index (χ2n) is 24.3. The Kier molecular flexibility index (Phi) is 18.2. The summed E-state index contributed by atoms with van der Waals surface area (Å²) in [4.78, 5) is 105. The fraction of sp³-hybridized carbons (Fsp3) is 0.581. The number of nitrogens with zero attached hydrogens (tertiary/aromatic N) is 7. The van der Waals surface area contributed by atoms with Crippen LogP contribution in [0.2, 0.25) is 0 Å². The third kappa shape index (κ3) is 14.5. The van der Waals surface area contributed by atoms with Gasteiger partial charge in [-0.05, 0) is 138 Å². The van der Waals surface area contributed by atoms with Crippen molar-refractivity contribution in [1.29, 1.82) is 0 Å². The first-order valence-corrected chi connectivity index (χ1v) is 29.7. The van der Waals surface area contributed by atoms with E-state index in [2.05, 4.69) is 20.4 Å². The number of aromatic nitrogens is 2. The van der Waals surface area contributed by atoms with E-state index in [1.807, 2.05) is 67.0 Å². The number of rotatable bonds is 15. The fourth-order valence-corrected chi connectivity index (χ4v) is 12.6. The number of H-pyrrole nitrogens is 1. The van der Waals surface area contributed by atoms with Crippen molar-refractivity contribution in [3.63, 3.8) is 0 Å². The lowest BCUT2D eigenvalue weighted by molar-refractivity contribution is -0.140. The fourth-order valence-electron chi connectivity index (χ4n) is 12.6. The highest BCUT2D eigenvalue weighted by atomic mass is 19.1. The Balaban J connectivity index is 0.637. The quantitative estimate of drug-likeness (QED) is 0.126. The minimum atomic E-state index is -0.631. The Morgan fingerprint density at radius 3 is 1.98 bits per heavy atom. The Morgan fingerprint density at radius 2 is 1.32 bits per heavy atom. The molecule has 5 heterocycles. The van der Waals surface area contributed by atoms with Crippen molar-refractivity contribution < 1.29 is 42.6 Å². The molecule has 2 N–H and O–H groups in total. The van der Waals surface area contributed by atoms with Gasteiger partial charge >= 0.3 is 6.09 Å². The van der Waals surface area contributed by atoms with Crippen LogP contribution in [0.5, 0.6) is 0 Å². The van der Waals surface area contributed by atoms with E-state index in [4.69, 9.17) is 9.47 Å². The molecule has 19 heteroatoms. The van der Waals surface area contributed by atoms with Crippen molar-refractivity contribution in [3.05, 3.63) is 111 Å². The van der Waals surface area contributed by atoms with Crippen LogP contribution < -0.4 is 10.9 Å². The number of piperidine rings is 3. The highest BCUT2D eigenvalue weighted by Crippen LogP contribution is 2.33. The van der Waals surface area contributed by atoms with Gasteiger partial charge in [0.15, 0.2) is 0 Å². The van der Waals surface area contributed by atoms with Crippen LogP contribution in [0.3, 0.4) is 0 Å². The van der Waals surface area contributed by atoms with E-state index in [0.717, 1.165) is 89.3 Å². The number of likely N-dealkylation sites (tertiary alicyclic amines) is 3. The van der Waals surface area contributed by atoms with Crippen LogP contribution in [0.25, 0.3) is 10.8 Å². The highest BCUT2D eigenvalue weighted by molar-refractivity contribution is 5.98. The number of amides is 6. The third-order valence-electron chi connectivity index (χ3n) is 17.4. The molecule has 4 saturated heterocycles. The van der Waals surface area contributed by atoms with Crippen LogP contribution in [0, 0.1) is 11.7 Å². The van der Waals surface area contributed by atoms with E-state index in [1.54, 1.807) is 39.0 Å². The Labute approximate surface area is 474 Å². The van der Waals surface area contributed by atoms with Crippen LogP contribution in [0.1, 0.15) is 148 Å². The van der Waals surface area contributed by atoms with Gasteiger partial charge in [-0.3, -0.25) is 38.6 Å². The van der Waals surface area contributed by atoms with Gasteiger partial charge < -0.3 is 34.4 Å². The van der Waals surface area contributed by atoms with Gasteiger partial charge in [0.1, 0.15) is 24.0 Å². The van der Waals surface area contributed by atoms with E-state index in [1.165, 1.54) is 6.07 Å². The molecule has 434 valence electrons. The standard InChI is InChI=1S/C62H80FN9O9/c1-62(2,3)81-61(79)72(46-18-19-46)40-55(74)68-29-21-43(22-30-68)42-14-16-45(17-15-42)57(75)64-56(44-9-5-4-6-10-44)60(78)70-31-25-48(26-32-70)80-47-23-27-67(28-24-47)39-54(73)69-33-35-71(36-34-69)59(77)51-37-41(13-20-52(51)63)38-53-49-11-7-8-12-50(49)58(76)66-65-53/h7-8,11-17,20,37,43-44,46-48,56H,4-6,9-10,18-19,21-36,38-40H2,1-3H3,(H,64,75)(H,66,76)/t56-/m1/s1. The first-order valence-electron chi connectivity index (χ1n) is 29.7. The van der Waals surface area contributed by atoms with Crippen molar-refractivity contribution in [2.24, 2.45) is 5.92 Å². The molecule has 10 rings (SSSR count). The number of hydrogen-bond donors (Lipinski definition) is 2. The average molecular weight is 1110 g/mol. The van der Waals surface area contributed by atoms with Gasteiger partial charge in [0.2, 0.25) is 17.7 Å². The number of hydrogen-bond acceptors (Lipinski definition) is 11. The molecule has 6 amide bonds. The summed E-state index contributed by atoms with van der Waals surface area (Å²) in [6.45, 7) is 10.9. The van der Waals surface area contributed by atoms with Crippen LogP contribution in [0.15, 0.2) is 71.5 Å². The van der Waals surface area contributed by atoms with Crippen LogP contribution in [-0.4, -0.2) is 184 Å². The molecule has 6 fully saturated rings. The lowest BCUT2D eigenvalue weighted by Gasteiger charge is -2.40. The maximum absolute atomic E-state index is 15.1. The topological polar surface area (TPSA) is 198 Å². The molecule has 0 bridgehead atoms. The SMILES string of the molecule is CC(C)(C)OC(=O)N(CC(=O)N1CCC(c2ccc(C(=O)N[C@@H](C(=O)N3CCC(OC4CCN(CC(=O)N5CCN(C(=O)c6cc(Cc7n[nH]c(=O)c8ccccc78)ccc6F)CC5)CC4)CC3)C3CCCCC3)cc2)CC1)C1CC1. The highest BCUT2D eigenvalue weighted by Gasteiger charge is 2.39. The zero-order valence-corrected chi connectivity index (χ0v) is 47.4. The van der Waals surface area contributed by atoms with Crippen LogP contribution in [0.4, 0.5) is 9.18 Å². The maximum atomic E-state index is 15.1. The lowest BCUT2D eigenvalue weighted by Crippen LogP contribution is -2.55. The number of carbonyl (C=O) groups excluding carboxylic acids is 6. The zero-order chi connectivity index (χ0) is 56.8. The number of piperazine rings is 1. The van der Waals surface area contributed by atoms with Gasteiger partial charge in [0.05, 0.1) is 35.4 Å². The van der Waals surface area contributed by atoms with Gasteiger partial charge in [-0.25, -0.2) is 14.3 Å². The van der Waals surface area contributed by atoms with Gasteiger partial charge in [-0.1, -0.05) is 55.7 Å². The van der Waals surface area contributed by atoms with Gasteiger partial charge in [-0.15, -0.1) is 0 Å². The van der Waals surface area contributed by atoms with Gasteiger partial charge in [-0.2, -0.15) is 5.10 Å². The molecular formula is C62H80FN9O9. The number of nitrogens with one attached hydrogen (secondary N) is 2. The number of benzene rings is 3. The van der Waals surface area contributed by atoms with E-state index in [0.29, 0.717) is 99.2 Å². The molecular weight excluding hydrogens is 1030 g/mol. The largest absolute Gasteiger partial charge is 0.444 e. The normalized spacial score (nSPS) is 19.8. The molecule has 2 aliphatic carbocycles. The summed E-state index contributed by atoms with van der Waals surface area (Å²) in [5.41, 5.74) is 1.98. The molecule has 18 nitrogen and oxygen atoms in total. The summed E-state index contributed by atoms with van der Waals surface area (Å²) in [6.07, 6.45) is 11.3. The Morgan fingerprint density at radius 1 is 0.704 bits per heavy atom. The van der Waals surface area contributed by atoms with Gasteiger partial charge in [0, 0.05) is 88.9 Å². The summed E-state index contributed by atoms with van der Waals surface area (Å²) in [7, 11) is 0. The lowest BCUT2D eigenvalue weighted by atomic mass is 9.83. The molecule has 0 unspecified atom stereocenters. The van der Waals surface area contributed by atoms with Crippen molar-refractivity contribution in [3.8, 4) is 0 Å². The minimum absolute atomic E-state index is 0.00235. The molecule has 1 aromatic heterocycles. The number of halogens is 1. The summed E-state index contributed by atoms with van der Waals surface area (Å²) in [6, 6.07) is 18.8. The molecule has 1 atom stereocenters. The number of fused-ring (bicyclic) bond motifs is 1. The van der Waals surface area contributed by atoms with E-state index < -0.39 is 29.5 Å². The Hall–Kier alpha value is -6.73. The molecule has 81 heavy (non-hydrogen) atoms. The summed E-state index contributed by atoms with van der Waals surface area (Å²) in [5, 5.41) is 11.2. The summed E-state index contributed by atoms with van der Waals surface area (Å²) < 4.78 is 27.4.